The first-order valence-corrected chi connectivity index (χ1v) is 7.27. The molecule has 9 heteroatoms. The second kappa shape index (κ2) is 7.34. The van der Waals surface area contributed by atoms with E-state index in [2.05, 4.69) is 10.6 Å². The lowest BCUT2D eigenvalue weighted by atomic mass is 10.2. The fourth-order valence-electron chi connectivity index (χ4n) is 1.78. The minimum absolute atomic E-state index is 0.0716. The zero-order valence-electron chi connectivity index (χ0n) is 11.9. The van der Waals surface area contributed by atoms with E-state index in [1.807, 2.05) is 0 Å². The van der Waals surface area contributed by atoms with Gasteiger partial charge in [-0.1, -0.05) is 23.2 Å². The molecule has 0 aliphatic carbocycles. The van der Waals surface area contributed by atoms with Gasteiger partial charge in [-0.05, 0) is 30.7 Å². The fraction of sp³-hybridized carbons (Fsp3) is 0.214. The highest BCUT2D eigenvalue weighted by Gasteiger charge is 2.23. The van der Waals surface area contributed by atoms with Gasteiger partial charge in [-0.25, -0.2) is 9.59 Å². The molecular weight excluding hydrogens is 347 g/mol. The lowest BCUT2D eigenvalue weighted by Crippen LogP contribution is -2.22. The van der Waals surface area contributed by atoms with Gasteiger partial charge in [-0.3, -0.25) is 10.1 Å². The minimum atomic E-state index is -0.604. The Morgan fingerprint density at radius 1 is 1.22 bits per heavy atom. The first-order valence-electron chi connectivity index (χ1n) is 6.52. The number of rotatable bonds is 5. The van der Waals surface area contributed by atoms with E-state index in [9.17, 15) is 14.4 Å². The van der Waals surface area contributed by atoms with Crippen molar-refractivity contribution in [3.05, 3.63) is 33.4 Å². The molecule has 23 heavy (non-hydrogen) atoms. The number of hydrogen-bond acceptors (Lipinski definition) is 5. The zero-order chi connectivity index (χ0) is 17.0. The van der Waals surface area contributed by atoms with Crippen LogP contribution >= 0.6 is 23.2 Å². The van der Waals surface area contributed by atoms with E-state index in [4.69, 9.17) is 32.7 Å². The molecule has 1 fully saturated rings. The Kier molecular flexibility index (Phi) is 5.46. The van der Waals surface area contributed by atoms with Crippen LogP contribution in [0, 0.1) is 0 Å². The van der Waals surface area contributed by atoms with Crippen LogP contribution in [-0.4, -0.2) is 31.1 Å². The fourth-order valence-corrected chi connectivity index (χ4v) is 2.40. The van der Waals surface area contributed by atoms with E-state index >= 15 is 0 Å². The van der Waals surface area contributed by atoms with Crippen LogP contribution in [-0.2, 0) is 14.3 Å². The lowest BCUT2D eigenvalue weighted by Gasteiger charge is -2.10. The summed E-state index contributed by atoms with van der Waals surface area (Å²) in [5, 5.41) is 4.72. The molecule has 122 valence electrons. The third-order valence-corrected chi connectivity index (χ3v) is 3.25. The summed E-state index contributed by atoms with van der Waals surface area (Å²) in [7, 11) is 0. The topological polar surface area (TPSA) is 93.7 Å². The number of carbonyl (C=O) groups is 3. The van der Waals surface area contributed by atoms with Crippen LogP contribution in [0.5, 0.6) is 5.75 Å². The van der Waals surface area contributed by atoms with Crippen LogP contribution in [0.1, 0.15) is 12.5 Å². The lowest BCUT2D eigenvalue weighted by molar-refractivity contribution is -0.145. The van der Waals surface area contributed by atoms with Crippen molar-refractivity contribution in [1.82, 2.24) is 10.6 Å². The Morgan fingerprint density at radius 3 is 2.39 bits per heavy atom. The molecule has 2 N–H and O–H groups in total. The molecule has 0 spiro atoms. The molecule has 1 aromatic rings. The minimum Gasteiger partial charge on any atom is -0.479 e. The Morgan fingerprint density at radius 2 is 1.87 bits per heavy atom. The third kappa shape index (κ3) is 4.37. The molecule has 0 bridgehead atoms. The van der Waals surface area contributed by atoms with Gasteiger partial charge in [0, 0.05) is 0 Å². The van der Waals surface area contributed by atoms with E-state index in [1.165, 1.54) is 18.2 Å². The highest BCUT2D eigenvalue weighted by atomic mass is 35.5. The number of esters is 1. The molecule has 0 saturated carbocycles. The van der Waals surface area contributed by atoms with Gasteiger partial charge in [0.2, 0.25) is 0 Å². The van der Waals surface area contributed by atoms with Crippen LogP contribution in [0.25, 0.3) is 6.08 Å². The average molecular weight is 359 g/mol. The van der Waals surface area contributed by atoms with Crippen LogP contribution in [0.15, 0.2) is 17.8 Å². The molecule has 3 amide bonds. The van der Waals surface area contributed by atoms with Crippen LogP contribution < -0.4 is 15.4 Å². The van der Waals surface area contributed by atoms with Crippen molar-refractivity contribution in [1.29, 1.82) is 0 Å². The van der Waals surface area contributed by atoms with Crippen molar-refractivity contribution < 1.29 is 23.9 Å². The normalized spacial score (nSPS) is 15.3. The van der Waals surface area contributed by atoms with E-state index in [1.54, 1.807) is 6.92 Å². The maximum atomic E-state index is 11.5. The summed E-state index contributed by atoms with van der Waals surface area (Å²) in [4.78, 5) is 33.8. The second-order valence-electron chi connectivity index (χ2n) is 4.37. The van der Waals surface area contributed by atoms with E-state index < -0.39 is 17.9 Å². The number of urea groups is 1. The van der Waals surface area contributed by atoms with Crippen molar-refractivity contribution in [2.45, 2.75) is 6.92 Å². The molecular formula is C14H12Cl2N2O5. The van der Waals surface area contributed by atoms with Gasteiger partial charge in [0.25, 0.3) is 5.91 Å². The molecule has 1 aliphatic rings. The SMILES string of the molecule is CCOC(=O)COc1c(Cl)cc(/C=C2/NC(=O)NC2=O)cc1Cl. The number of halogens is 2. The third-order valence-electron chi connectivity index (χ3n) is 2.69. The molecule has 2 rings (SSSR count). The number of imide groups is 1. The molecule has 1 aromatic carbocycles. The number of benzene rings is 1. The van der Waals surface area contributed by atoms with Gasteiger partial charge in [-0.2, -0.15) is 0 Å². The molecule has 0 radical (unpaired) electrons. The summed E-state index contributed by atoms with van der Waals surface area (Å²) in [6.07, 6.45) is 1.41. The van der Waals surface area contributed by atoms with Crippen LogP contribution in [0.4, 0.5) is 4.79 Å². The van der Waals surface area contributed by atoms with Gasteiger partial charge in [0.1, 0.15) is 5.70 Å². The van der Waals surface area contributed by atoms with Crippen LogP contribution in [0.3, 0.4) is 0 Å². The van der Waals surface area contributed by atoms with E-state index in [0.717, 1.165) is 0 Å². The number of amides is 3. The zero-order valence-corrected chi connectivity index (χ0v) is 13.5. The molecule has 1 aliphatic heterocycles. The Hall–Kier alpha value is -2.25. The summed E-state index contributed by atoms with van der Waals surface area (Å²) in [5.74, 6) is -0.968. The van der Waals surface area contributed by atoms with Gasteiger partial charge < -0.3 is 14.8 Å². The van der Waals surface area contributed by atoms with Crippen LogP contribution in [0.2, 0.25) is 10.0 Å². The Bertz CT molecular complexity index is 679. The summed E-state index contributed by atoms with van der Waals surface area (Å²) >= 11 is 12.1. The number of carbonyl (C=O) groups excluding carboxylic acids is 3. The second-order valence-corrected chi connectivity index (χ2v) is 5.19. The maximum Gasteiger partial charge on any atom is 0.344 e. The number of hydrogen-bond donors (Lipinski definition) is 2. The summed E-state index contributed by atoms with van der Waals surface area (Å²) < 4.78 is 9.97. The monoisotopic (exact) mass is 358 g/mol. The Labute approximate surface area is 141 Å². The molecule has 7 nitrogen and oxygen atoms in total. The van der Waals surface area contributed by atoms with Crippen molar-refractivity contribution in [2.75, 3.05) is 13.2 Å². The van der Waals surface area contributed by atoms with Crippen molar-refractivity contribution in [3.63, 3.8) is 0 Å². The Balaban J connectivity index is 2.17. The van der Waals surface area contributed by atoms with Crippen molar-refractivity contribution >= 4 is 47.2 Å². The molecule has 1 saturated heterocycles. The molecule has 0 unspecified atom stereocenters. The predicted octanol–water partition coefficient (Wildman–Crippen LogP) is 2.12. The quantitative estimate of drug-likeness (QED) is 0.477. The van der Waals surface area contributed by atoms with Crippen molar-refractivity contribution in [3.8, 4) is 5.75 Å². The standard InChI is InChI=1S/C14H12Cl2N2O5/c1-2-22-11(19)6-23-12-8(15)3-7(4-9(12)16)5-10-13(20)18-14(21)17-10/h3-5H,2,6H2,1H3,(H2,17,18,20,21)/b10-5+. The molecule has 0 aromatic heterocycles. The summed E-state index contributed by atoms with van der Waals surface area (Å²) in [6.45, 7) is 1.59. The summed E-state index contributed by atoms with van der Waals surface area (Å²) in [6, 6.07) is 2.37. The molecule has 1 heterocycles. The first kappa shape index (κ1) is 17.1. The smallest absolute Gasteiger partial charge is 0.344 e. The van der Waals surface area contributed by atoms with Crippen molar-refractivity contribution in [2.24, 2.45) is 0 Å². The maximum absolute atomic E-state index is 11.5. The van der Waals surface area contributed by atoms with Gasteiger partial charge in [0.15, 0.2) is 12.4 Å². The predicted molar refractivity (Wildman–Crippen MR) is 83.2 cm³/mol. The van der Waals surface area contributed by atoms with Gasteiger partial charge in [-0.15, -0.1) is 0 Å². The number of nitrogens with one attached hydrogen (secondary N) is 2. The first-order chi connectivity index (χ1) is 10.9. The highest BCUT2D eigenvalue weighted by molar-refractivity contribution is 6.37. The largest absolute Gasteiger partial charge is 0.479 e. The van der Waals surface area contributed by atoms with E-state index in [0.29, 0.717) is 5.56 Å². The average Bonchev–Trinajstić information content (AvgIpc) is 2.76. The highest BCUT2D eigenvalue weighted by Crippen LogP contribution is 2.34. The van der Waals surface area contributed by atoms with Gasteiger partial charge in [0.05, 0.1) is 16.7 Å². The number of ether oxygens (including phenoxy) is 2. The van der Waals surface area contributed by atoms with E-state index in [-0.39, 0.29) is 34.7 Å². The van der Waals surface area contributed by atoms with Gasteiger partial charge >= 0.3 is 12.0 Å². The summed E-state index contributed by atoms with van der Waals surface area (Å²) in [5.41, 5.74) is 0.554. The molecule has 0 atom stereocenters.